The molecule has 0 radical (unpaired) electrons. The quantitative estimate of drug-likeness (QED) is 0.830. The first-order valence-electron chi connectivity index (χ1n) is 6.30. The smallest absolute Gasteiger partial charge is 0.251 e. The lowest BCUT2D eigenvalue weighted by atomic mass is 10.1. The molecule has 0 aliphatic carbocycles. The highest BCUT2D eigenvalue weighted by atomic mass is 32.1. The largest absolute Gasteiger partial charge is 0.348 e. The number of aryl methyl sites for hydroxylation is 2. The van der Waals surface area contributed by atoms with Crippen molar-refractivity contribution in [3.8, 4) is 0 Å². The molecule has 20 heavy (non-hydrogen) atoms. The van der Waals surface area contributed by atoms with Gasteiger partial charge in [0.05, 0.1) is 0 Å². The molecule has 0 aromatic heterocycles. The molecule has 0 saturated heterocycles. The van der Waals surface area contributed by atoms with Gasteiger partial charge in [0.25, 0.3) is 5.91 Å². The molecule has 0 saturated carbocycles. The van der Waals surface area contributed by atoms with Crippen molar-refractivity contribution in [1.29, 1.82) is 0 Å². The van der Waals surface area contributed by atoms with E-state index in [1.165, 1.54) is 0 Å². The number of thiol groups is 1. The van der Waals surface area contributed by atoms with Gasteiger partial charge in [-0.2, -0.15) is 0 Å². The van der Waals surface area contributed by atoms with Crippen LogP contribution >= 0.6 is 12.6 Å². The van der Waals surface area contributed by atoms with Crippen LogP contribution in [0.4, 0.5) is 4.39 Å². The van der Waals surface area contributed by atoms with Gasteiger partial charge >= 0.3 is 0 Å². The standard InChI is InChI=1S/C16H16FNOS/c1-10-7-12(8-11(2)15(10)17)9-18-16(19)13-3-5-14(20)6-4-13/h3-8,20H,9H2,1-2H3,(H,18,19). The lowest BCUT2D eigenvalue weighted by Gasteiger charge is -2.09. The normalized spacial score (nSPS) is 10.4. The summed E-state index contributed by atoms with van der Waals surface area (Å²) < 4.78 is 13.5. The average molecular weight is 289 g/mol. The van der Waals surface area contributed by atoms with E-state index in [0.29, 0.717) is 23.2 Å². The predicted octanol–water partition coefficient (Wildman–Crippen LogP) is 3.66. The Kier molecular flexibility index (Phi) is 4.45. The zero-order chi connectivity index (χ0) is 14.7. The molecule has 0 aliphatic heterocycles. The van der Waals surface area contributed by atoms with Gasteiger partial charge in [0, 0.05) is 17.0 Å². The average Bonchev–Trinajstić information content (AvgIpc) is 2.42. The summed E-state index contributed by atoms with van der Waals surface area (Å²) in [6.45, 7) is 3.82. The fourth-order valence-corrected chi connectivity index (χ4v) is 2.18. The second-order valence-electron chi connectivity index (χ2n) is 4.77. The van der Waals surface area contributed by atoms with Gasteiger partial charge in [-0.25, -0.2) is 4.39 Å². The Morgan fingerprint density at radius 1 is 1.15 bits per heavy atom. The van der Waals surface area contributed by atoms with Gasteiger partial charge in [-0.1, -0.05) is 12.1 Å². The van der Waals surface area contributed by atoms with Crippen molar-refractivity contribution in [3.05, 3.63) is 64.5 Å². The molecule has 2 rings (SSSR count). The van der Waals surface area contributed by atoms with E-state index >= 15 is 0 Å². The molecule has 4 heteroatoms. The van der Waals surface area contributed by atoms with E-state index < -0.39 is 0 Å². The summed E-state index contributed by atoms with van der Waals surface area (Å²) >= 11 is 4.17. The van der Waals surface area contributed by atoms with E-state index in [0.717, 1.165) is 10.5 Å². The van der Waals surface area contributed by atoms with E-state index in [9.17, 15) is 9.18 Å². The van der Waals surface area contributed by atoms with E-state index in [1.54, 1.807) is 50.2 Å². The molecule has 2 aromatic carbocycles. The summed E-state index contributed by atoms with van der Waals surface area (Å²) in [6.07, 6.45) is 0. The van der Waals surface area contributed by atoms with Gasteiger partial charge < -0.3 is 5.32 Å². The zero-order valence-corrected chi connectivity index (χ0v) is 12.3. The Bertz CT molecular complexity index is 614. The van der Waals surface area contributed by atoms with Crippen molar-refractivity contribution in [2.75, 3.05) is 0 Å². The highest BCUT2D eigenvalue weighted by molar-refractivity contribution is 7.80. The molecule has 0 aliphatic rings. The number of hydrogen-bond acceptors (Lipinski definition) is 2. The molecule has 0 unspecified atom stereocenters. The Balaban J connectivity index is 2.05. The molecule has 2 aromatic rings. The van der Waals surface area contributed by atoms with Crippen LogP contribution in [-0.2, 0) is 6.54 Å². The molecule has 0 atom stereocenters. The van der Waals surface area contributed by atoms with Gasteiger partial charge in [-0.15, -0.1) is 12.6 Å². The van der Waals surface area contributed by atoms with E-state index in [2.05, 4.69) is 17.9 Å². The monoisotopic (exact) mass is 289 g/mol. The molecule has 0 fully saturated rings. The van der Waals surface area contributed by atoms with Crippen LogP contribution in [0.1, 0.15) is 27.0 Å². The third kappa shape index (κ3) is 3.39. The van der Waals surface area contributed by atoms with E-state index in [-0.39, 0.29) is 11.7 Å². The van der Waals surface area contributed by atoms with E-state index in [1.807, 2.05) is 0 Å². The van der Waals surface area contributed by atoms with Crippen LogP contribution in [-0.4, -0.2) is 5.91 Å². The number of carbonyl (C=O) groups is 1. The van der Waals surface area contributed by atoms with Crippen LogP contribution in [0.5, 0.6) is 0 Å². The fourth-order valence-electron chi connectivity index (χ4n) is 2.03. The summed E-state index contributed by atoms with van der Waals surface area (Å²) in [6, 6.07) is 10.5. The SMILES string of the molecule is Cc1cc(CNC(=O)c2ccc(S)cc2)cc(C)c1F. The minimum atomic E-state index is -0.190. The summed E-state index contributed by atoms with van der Waals surface area (Å²) in [5, 5.41) is 2.82. The first kappa shape index (κ1) is 14.6. The minimum Gasteiger partial charge on any atom is -0.348 e. The number of hydrogen-bond donors (Lipinski definition) is 2. The highest BCUT2D eigenvalue weighted by Gasteiger charge is 2.07. The van der Waals surface area contributed by atoms with Gasteiger partial charge in [-0.05, 0) is 54.8 Å². The second kappa shape index (κ2) is 6.09. The maximum Gasteiger partial charge on any atom is 0.251 e. The molecule has 0 spiro atoms. The van der Waals surface area contributed by atoms with Crippen LogP contribution in [0.2, 0.25) is 0 Å². The number of carbonyl (C=O) groups excluding carboxylic acids is 1. The second-order valence-corrected chi connectivity index (χ2v) is 5.29. The zero-order valence-electron chi connectivity index (χ0n) is 11.4. The van der Waals surface area contributed by atoms with Crippen LogP contribution in [0.25, 0.3) is 0 Å². The lowest BCUT2D eigenvalue weighted by Crippen LogP contribution is -2.22. The summed E-state index contributed by atoms with van der Waals surface area (Å²) in [5.74, 6) is -0.345. The van der Waals surface area contributed by atoms with Crippen molar-refractivity contribution in [2.24, 2.45) is 0 Å². The maximum atomic E-state index is 13.5. The maximum absolute atomic E-state index is 13.5. The summed E-state index contributed by atoms with van der Waals surface area (Å²) in [5.41, 5.74) is 2.65. The Morgan fingerprint density at radius 3 is 2.25 bits per heavy atom. The fraction of sp³-hybridized carbons (Fsp3) is 0.188. The van der Waals surface area contributed by atoms with Crippen LogP contribution in [0.3, 0.4) is 0 Å². The van der Waals surface area contributed by atoms with Gasteiger partial charge in [-0.3, -0.25) is 4.79 Å². The number of nitrogens with one attached hydrogen (secondary N) is 1. The van der Waals surface area contributed by atoms with Gasteiger partial charge in [0.15, 0.2) is 0 Å². The van der Waals surface area contributed by atoms with Crippen molar-refractivity contribution in [2.45, 2.75) is 25.3 Å². The summed E-state index contributed by atoms with van der Waals surface area (Å²) in [7, 11) is 0. The molecular weight excluding hydrogens is 273 g/mol. The molecule has 1 N–H and O–H groups in total. The van der Waals surface area contributed by atoms with Crippen molar-refractivity contribution in [1.82, 2.24) is 5.32 Å². The summed E-state index contributed by atoms with van der Waals surface area (Å²) in [4.78, 5) is 12.8. The lowest BCUT2D eigenvalue weighted by molar-refractivity contribution is 0.0951. The number of amides is 1. The van der Waals surface area contributed by atoms with Crippen molar-refractivity contribution >= 4 is 18.5 Å². The first-order chi connectivity index (χ1) is 9.47. The van der Waals surface area contributed by atoms with Crippen molar-refractivity contribution < 1.29 is 9.18 Å². The Morgan fingerprint density at radius 2 is 1.70 bits per heavy atom. The van der Waals surface area contributed by atoms with Crippen LogP contribution < -0.4 is 5.32 Å². The Hall–Kier alpha value is -1.81. The molecule has 0 heterocycles. The Labute approximate surface area is 123 Å². The first-order valence-corrected chi connectivity index (χ1v) is 6.75. The van der Waals surface area contributed by atoms with E-state index in [4.69, 9.17) is 0 Å². The molecule has 1 amide bonds. The number of halogens is 1. The van der Waals surface area contributed by atoms with Gasteiger partial charge in [0.1, 0.15) is 5.82 Å². The number of rotatable bonds is 3. The minimum absolute atomic E-state index is 0.155. The molecule has 0 bridgehead atoms. The molecule has 2 nitrogen and oxygen atoms in total. The third-order valence-electron chi connectivity index (χ3n) is 3.08. The third-order valence-corrected chi connectivity index (χ3v) is 3.38. The predicted molar refractivity (Wildman–Crippen MR) is 80.7 cm³/mol. The van der Waals surface area contributed by atoms with Crippen LogP contribution in [0.15, 0.2) is 41.3 Å². The molecule has 104 valence electrons. The van der Waals surface area contributed by atoms with Crippen LogP contribution in [0, 0.1) is 19.7 Å². The van der Waals surface area contributed by atoms with Crippen molar-refractivity contribution in [3.63, 3.8) is 0 Å². The van der Waals surface area contributed by atoms with Gasteiger partial charge in [0.2, 0.25) is 0 Å². The molecular formula is C16H16FNOS. The highest BCUT2D eigenvalue weighted by Crippen LogP contribution is 2.15. The number of benzene rings is 2. The topological polar surface area (TPSA) is 29.1 Å².